The third-order valence-electron chi connectivity index (χ3n) is 3.57. The quantitative estimate of drug-likeness (QED) is 0.666. The fraction of sp³-hybridized carbons (Fsp3) is 0.733. The van der Waals surface area contributed by atoms with Gasteiger partial charge in [0.25, 0.3) is 0 Å². The third-order valence-corrected chi connectivity index (χ3v) is 3.57. The minimum Gasteiger partial charge on any atom is -0.389 e. The molecule has 0 aromatic heterocycles. The topological polar surface area (TPSA) is 20.2 Å². The van der Waals surface area contributed by atoms with Gasteiger partial charge in [0.05, 0.1) is 6.10 Å². The summed E-state index contributed by atoms with van der Waals surface area (Å²) in [6, 6.07) is 0. The minimum atomic E-state index is -0.282. The second-order valence-corrected chi connectivity index (χ2v) is 5.54. The molecule has 0 aromatic carbocycles. The molecule has 1 rings (SSSR count). The number of hydrogen-bond donors (Lipinski definition) is 1. The van der Waals surface area contributed by atoms with E-state index in [0.717, 1.165) is 12.8 Å². The highest BCUT2D eigenvalue weighted by Gasteiger charge is 2.15. The molecule has 0 aliphatic heterocycles. The Morgan fingerprint density at radius 3 is 2.62 bits per heavy atom. The van der Waals surface area contributed by atoms with Gasteiger partial charge in [-0.15, -0.1) is 0 Å². The first kappa shape index (κ1) is 13.5. The van der Waals surface area contributed by atoms with Crippen LogP contribution in [0.15, 0.2) is 23.8 Å². The zero-order chi connectivity index (χ0) is 12.1. The van der Waals surface area contributed by atoms with Crippen molar-refractivity contribution >= 4 is 0 Å². The van der Waals surface area contributed by atoms with Crippen molar-refractivity contribution in [3.63, 3.8) is 0 Å². The van der Waals surface area contributed by atoms with Crippen LogP contribution in [0.3, 0.4) is 0 Å². The van der Waals surface area contributed by atoms with Gasteiger partial charge < -0.3 is 5.11 Å². The summed E-state index contributed by atoms with van der Waals surface area (Å²) in [5, 5.41) is 10.1. The van der Waals surface area contributed by atoms with Gasteiger partial charge in [0.2, 0.25) is 0 Å². The van der Waals surface area contributed by atoms with E-state index in [4.69, 9.17) is 0 Å². The Balaban J connectivity index is 2.80. The lowest BCUT2D eigenvalue weighted by atomic mass is 9.88. The number of allylic oxidation sites excluding steroid dienone is 3. The maximum atomic E-state index is 10.1. The fourth-order valence-corrected chi connectivity index (χ4v) is 2.10. The van der Waals surface area contributed by atoms with E-state index in [1.807, 2.05) is 0 Å². The van der Waals surface area contributed by atoms with Gasteiger partial charge in [-0.1, -0.05) is 51.5 Å². The van der Waals surface area contributed by atoms with E-state index in [-0.39, 0.29) is 6.10 Å². The van der Waals surface area contributed by atoms with E-state index in [9.17, 15) is 5.11 Å². The maximum Gasteiger partial charge on any atom is 0.0752 e. The van der Waals surface area contributed by atoms with Crippen molar-refractivity contribution < 1.29 is 5.11 Å². The molecule has 0 spiro atoms. The Morgan fingerprint density at radius 1 is 1.31 bits per heavy atom. The number of aliphatic hydroxyl groups excluding tert-OH is 1. The molecule has 1 heteroatoms. The zero-order valence-corrected chi connectivity index (χ0v) is 11.1. The van der Waals surface area contributed by atoms with Gasteiger partial charge >= 0.3 is 0 Å². The number of aliphatic hydroxyl groups is 1. The van der Waals surface area contributed by atoms with Crippen molar-refractivity contribution in [2.75, 3.05) is 0 Å². The average molecular weight is 222 g/mol. The van der Waals surface area contributed by atoms with Gasteiger partial charge in [-0.25, -0.2) is 0 Å². The predicted molar refractivity (Wildman–Crippen MR) is 70.2 cm³/mol. The second kappa shape index (κ2) is 6.24. The smallest absolute Gasteiger partial charge is 0.0752 e. The molecule has 0 bridgehead atoms. The molecule has 1 nitrogen and oxygen atoms in total. The lowest BCUT2D eigenvalue weighted by Gasteiger charge is -2.20. The van der Waals surface area contributed by atoms with Crippen molar-refractivity contribution in [3.05, 3.63) is 23.8 Å². The van der Waals surface area contributed by atoms with E-state index in [2.05, 4.69) is 45.9 Å². The van der Waals surface area contributed by atoms with E-state index >= 15 is 0 Å². The molecule has 0 saturated heterocycles. The van der Waals surface area contributed by atoms with Crippen molar-refractivity contribution in [2.24, 2.45) is 17.8 Å². The molecular formula is C15H26O. The van der Waals surface area contributed by atoms with Crippen molar-refractivity contribution in [2.45, 2.75) is 53.1 Å². The molecule has 0 amide bonds. The molecule has 3 atom stereocenters. The Hall–Kier alpha value is -0.560. The molecular weight excluding hydrogens is 196 g/mol. The minimum absolute atomic E-state index is 0.282. The predicted octanol–water partition coefficient (Wildman–Crippen LogP) is 3.94. The summed E-state index contributed by atoms with van der Waals surface area (Å²) in [6.07, 6.45) is 9.64. The van der Waals surface area contributed by atoms with Crippen LogP contribution in [0.4, 0.5) is 0 Å². The Bertz CT molecular complexity index is 263. The lowest BCUT2D eigenvalue weighted by molar-refractivity contribution is 0.161. The molecule has 0 heterocycles. The summed E-state index contributed by atoms with van der Waals surface area (Å²) in [7, 11) is 0. The highest BCUT2D eigenvalue weighted by atomic mass is 16.3. The Labute approximate surface area is 100 Å². The van der Waals surface area contributed by atoms with E-state index in [0.29, 0.717) is 17.8 Å². The zero-order valence-electron chi connectivity index (χ0n) is 11.1. The molecule has 92 valence electrons. The monoisotopic (exact) mass is 222 g/mol. The van der Waals surface area contributed by atoms with Crippen LogP contribution in [0, 0.1) is 17.8 Å². The van der Waals surface area contributed by atoms with Crippen LogP contribution in [-0.4, -0.2) is 11.2 Å². The maximum absolute atomic E-state index is 10.1. The van der Waals surface area contributed by atoms with E-state index in [1.165, 1.54) is 12.0 Å². The molecule has 0 saturated carbocycles. The van der Waals surface area contributed by atoms with Crippen molar-refractivity contribution in [3.8, 4) is 0 Å². The lowest BCUT2D eigenvalue weighted by Crippen LogP contribution is -2.16. The van der Waals surface area contributed by atoms with Crippen LogP contribution in [0.1, 0.15) is 47.0 Å². The molecule has 1 unspecified atom stereocenters. The highest BCUT2D eigenvalue weighted by Crippen LogP contribution is 2.24. The molecule has 1 N–H and O–H groups in total. The van der Waals surface area contributed by atoms with Gasteiger partial charge in [0.15, 0.2) is 0 Å². The van der Waals surface area contributed by atoms with E-state index in [1.54, 1.807) is 0 Å². The van der Waals surface area contributed by atoms with Crippen LogP contribution in [-0.2, 0) is 0 Å². The molecule has 0 radical (unpaired) electrons. The largest absolute Gasteiger partial charge is 0.389 e. The van der Waals surface area contributed by atoms with Crippen LogP contribution in [0.5, 0.6) is 0 Å². The summed E-state index contributed by atoms with van der Waals surface area (Å²) in [4.78, 5) is 0. The first-order chi connectivity index (χ1) is 7.50. The molecule has 16 heavy (non-hydrogen) atoms. The molecule has 0 aromatic rings. The molecule has 1 aliphatic carbocycles. The highest BCUT2D eigenvalue weighted by molar-refractivity contribution is 5.10. The SMILES string of the molecule is CC(C)C1=CC(O)[C@@H](C)CC=C[C@H](C)CC1. The molecule has 1 aliphatic rings. The fourth-order valence-electron chi connectivity index (χ4n) is 2.10. The van der Waals surface area contributed by atoms with Gasteiger partial charge in [-0.05, 0) is 37.0 Å². The Kier molecular flexibility index (Phi) is 5.27. The average Bonchev–Trinajstić information content (AvgIpc) is 2.22. The van der Waals surface area contributed by atoms with Crippen LogP contribution in [0.25, 0.3) is 0 Å². The first-order valence-electron chi connectivity index (χ1n) is 6.56. The van der Waals surface area contributed by atoms with Crippen LogP contribution >= 0.6 is 0 Å². The summed E-state index contributed by atoms with van der Waals surface area (Å²) in [5.74, 6) is 1.54. The third kappa shape index (κ3) is 4.13. The summed E-state index contributed by atoms with van der Waals surface area (Å²) in [6.45, 7) is 8.83. The normalized spacial score (nSPS) is 32.6. The number of hydrogen-bond acceptors (Lipinski definition) is 1. The summed E-state index contributed by atoms with van der Waals surface area (Å²) >= 11 is 0. The summed E-state index contributed by atoms with van der Waals surface area (Å²) < 4.78 is 0. The standard InChI is InChI=1S/C15H26O/c1-11(2)14-9-8-12(3)6-5-7-13(4)15(16)10-14/h5-6,10-13,15-16H,7-9H2,1-4H3/t12-,13-,15?/m0/s1. The summed E-state index contributed by atoms with van der Waals surface area (Å²) in [5.41, 5.74) is 1.42. The van der Waals surface area contributed by atoms with E-state index < -0.39 is 0 Å². The van der Waals surface area contributed by atoms with Crippen LogP contribution < -0.4 is 0 Å². The van der Waals surface area contributed by atoms with Crippen LogP contribution in [0.2, 0.25) is 0 Å². The van der Waals surface area contributed by atoms with Crippen molar-refractivity contribution in [1.82, 2.24) is 0 Å². The van der Waals surface area contributed by atoms with Gasteiger partial charge in [-0.3, -0.25) is 0 Å². The molecule has 0 fully saturated rings. The Morgan fingerprint density at radius 2 is 2.00 bits per heavy atom. The first-order valence-corrected chi connectivity index (χ1v) is 6.56. The second-order valence-electron chi connectivity index (χ2n) is 5.54. The van der Waals surface area contributed by atoms with Gasteiger partial charge in [-0.2, -0.15) is 0 Å². The van der Waals surface area contributed by atoms with Gasteiger partial charge in [0.1, 0.15) is 0 Å². The van der Waals surface area contributed by atoms with Crippen molar-refractivity contribution in [1.29, 1.82) is 0 Å². The van der Waals surface area contributed by atoms with Gasteiger partial charge in [0, 0.05) is 0 Å². The number of rotatable bonds is 1.